The van der Waals surface area contributed by atoms with Crippen LogP contribution in [0.15, 0.2) is 18.2 Å². The molecule has 10 heteroatoms. The number of nitro benzene ring substituents is 1. The summed E-state index contributed by atoms with van der Waals surface area (Å²) in [7, 11) is 0. The molecule has 0 aromatic heterocycles. The maximum atomic E-state index is 12.3. The minimum absolute atomic E-state index is 0.0346. The van der Waals surface area contributed by atoms with E-state index in [1.54, 1.807) is 25.7 Å². The first-order chi connectivity index (χ1) is 12.5. The summed E-state index contributed by atoms with van der Waals surface area (Å²) in [4.78, 5) is 48.4. The quantitative estimate of drug-likeness (QED) is 0.477. The van der Waals surface area contributed by atoms with Gasteiger partial charge >= 0.3 is 12.1 Å². The smallest absolute Gasteiger partial charge is 0.411 e. The molecular formula is C17H21N3O7. The Labute approximate surface area is 155 Å². The molecule has 146 valence electrons. The molecule has 1 aliphatic rings. The van der Waals surface area contributed by atoms with Crippen molar-refractivity contribution in [2.75, 3.05) is 24.5 Å². The zero-order valence-corrected chi connectivity index (χ0v) is 15.2. The average molecular weight is 379 g/mol. The second-order valence-electron chi connectivity index (χ2n) is 7.09. The lowest BCUT2D eigenvalue weighted by molar-refractivity contribution is -0.384. The van der Waals surface area contributed by atoms with Crippen molar-refractivity contribution < 1.29 is 29.2 Å². The zero-order valence-electron chi connectivity index (χ0n) is 15.2. The maximum absolute atomic E-state index is 12.3. The Balaban J connectivity index is 2.30. The average Bonchev–Trinajstić information content (AvgIpc) is 2.59. The van der Waals surface area contributed by atoms with Crippen LogP contribution in [0.25, 0.3) is 0 Å². The number of ether oxygens (including phenoxy) is 1. The van der Waals surface area contributed by atoms with Crippen LogP contribution in [-0.4, -0.2) is 64.6 Å². The summed E-state index contributed by atoms with van der Waals surface area (Å²) in [5, 5.41) is 20.6. The number of nitrogens with zero attached hydrogens (tertiary/aromatic N) is 3. The normalized spacial score (nSPS) is 17.4. The number of piperazine rings is 1. The Hall–Kier alpha value is -3.17. The number of aliphatic carboxylic acids is 1. The molecule has 1 N–H and O–H groups in total. The summed E-state index contributed by atoms with van der Waals surface area (Å²) < 4.78 is 5.25. The number of non-ortho nitro benzene ring substituents is 1. The van der Waals surface area contributed by atoms with Gasteiger partial charge in [0.2, 0.25) is 0 Å². The molecule has 27 heavy (non-hydrogen) atoms. The summed E-state index contributed by atoms with van der Waals surface area (Å²) in [6.07, 6.45) is -0.195. The van der Waals surface area contributed by atoms with Crippen LogP contribution < -0.4 is 4.90 Å². The van der Waals surface area contributed by atoms with Crippen molar-refractivity contribution in [3.63, 3.8) is 0 Å². The largest absolute Gasteiger partial charge is 0.480 e. The van der Waals surface area contributed by atoms with E-state index in [-0.39, 0.29) is 36.6 Å². The number of carboxylic acid groups (broad SMARTS) is 1. The number of nitro groups is 1. The van der Waals surface area contributed by atoms with Gasteiger partial charge in [0.1, 0.15) is 11.6 Å². The van der Waals surface area contributed by atoms with Gasteiger partial charge in [0, 0.05) is 37.3 Å². The van der Waals surface area contributed by atoms with Crippen molar-refractivity contribution in [3.8, 4) is 0 Å². The van der Waals surface area contributed by atoms with Crippen LogP contribution in [0.2, 0.25) is 0 Å². The van der Waals surface area contributed by atoms with Gasteiger partial charge in [0.25, 0.3) is 5.69 Å². The van der Waals surface area contributed by atoms with Crippen LogP contribution in [0.4, 0.5) is 16.2 Å². The fourth-order valence-corrected chi connectivity index (χ4v) is 2.77. The van der Waals surface area contributed by atoms with Gasteiger partial charge in [-0.25, -0.2) is 9.59 Å². The molecule has 1 aromatic rings. The Morgan fingerprint density at radius 2 is 2.00 bits per heavy atom. The number of hydrogen-bond acceptors (Lipinski definition) is 7. The lowest BCUT2D eigenvalue weighted by atomic mass is 10.1. The Morgan fingerprint density at radius 1 is 1.33 bits per heavy atom. The zero-order chi connectivity index (χ0) is 20.4. The molecule has 1 fully saturated rings. The first kappa shape index (κ1) is 20.1. The molecule has 1 heterocycles. The van der Waals surface area contributed by atoms with E-state index in [4.69, 9.17) is 4.74 Å². The third-order valence-corrected chi connectivity index (χ3v) is 3.99. The lowest BCUT2D eigenvalue weighted by Crippen LogP contribution is -2.59. The van der Waals surface area contributed by atoms with E-state index in [0.29, 0.717) is 6.29 Å². The molecule has 1 unspecified atom stereocenters. The van der Waals surface area contributed by atoms with Gasteiger partial charge in [-0.2, -0.15) is 0 Å². The number of carbonyl (C=O) groups excluding carboxylic acids is 2. The predicted octanol–water partition coefficient (Wildman–Crippen LogP) is 1.92. The number of rotatable bonds is 4. The summed E-state index contributed by atoms with van der Waals surface area (Å²) in [6, 6.07) is 2.54. The fraction of sp³-hybridized carbons (Fsp3) is 0.471. The number of carboxylic acids is 1. The highest BCUT2D eigenvalue weighted by Gasteiger charge is 2.38. The van der Waals surface area contributed by atoms with Crippen LogP contribution in [0.5, 0.6) is 0 Å². The summed E-state index contributed by atoms with van der Waals surface area (Å²) in [6.45, 7) is 5.14. The number of amides is 1. The number of hydrogen-bond donors (Lipinski definition) is 1. The molecule has 1 amide bonds. The van der Waals surface area contributed by atoms with E-state index in [9.17, 15) is 29.6 Å². The summed E-state index contributed by atoms with van der Waals surface area (Å²) in [5.41, 5.74) is -0.524. The molecule has 1 atom stereocenters. The highest BCUT2D eigenvalue weighted by Crippen LogP contribution is 2.28. The van der Waals surface area contributed by atoms with E-state index in [1.165, 1.54) is 18.2 Å². The van der Waals surface area contributed by atoms with Crippen molar-refractivity contribution in [2.24, 2.45) is 0 Å². The van der Waals surface area contributed by atoms with E-state index < -0.39 is 28.6 Å². The van der Waals surface area contributed by atoms with E-state index in [1.807, 2.05) is 0 Å². The predicted molar refractivity (Wildman–Crippen MR) is 95.1 cm³/mol. The van der Waals surface area contributed by atoms with Crippen molar-refractivity contribution in [2.45, 2.75) is 32.4 Å². The molecule has 0 spiro atoms. The molecule has 1 aromatic carbocycles. The molecular weight excluding hydrogens is 358 g/mol. The number of anilines is 1. The van der Waals surface area contributed by atoms with E-state index >= 15 is 0 Å². The van der Waals surface area contributed by atoms with Gasteiger partial charge < -0.3 is 14.7 Å². The monoisotopic (exact) mass is 379 g/mol. The van der Waals surface area contributed by atoms with Crippen molar-refractivity contribution >= 4 is 29.7 Å². The van der Waals surface area contributed by atoms with Crippen LogP contribution >= 0.6 is 0 Å². The molecule has 0 bridgehead atoms. The standard InChI is InChI=1S/C17H21N3O7/c1-17(2,3)27-16(24)19-7-6-18(9-14(19)15(22)23)13-8-12(20(25)26)5-4-11(13)10-21/h4-5,8,10,14H,6-7,9H2,1-3H3,(H,22,23). The van der Waals surface area contributed by atoms with Gasteiger partial charge in [-0.05, 0) is 26.8 Å². The van der Waals surface area contributed by atoms with Crippen molar-refractivity contribution in [1.29, 1.82) is 0 Å². The highest BCUT2D eigenvalue weighted by atomic mass is 16.6. The molecule has 2 rings (SSSR count). The molecule has 1 saturated heterocycles. The molecule has 0 saturated carbocycles. The van der Waals surface area contributed by atoms with Crippen molar-refractivity contribution in [1.82, 2.24) is 4.90 Å². The summed E-state index contributed by atoms with van der Waals surface area (Å²) in [5.74, 6) is -1.23. The second kappa shape index (κ2) is 7.60. The van der Waals surface area contributed by atoms with Crippen LogP contribution in [0.1, 0.15) is 31.1 Å². The van der Waals surface area contributed by atoms with Crippen molar-refractivity contribution in [3.05, 3.63) is 33.9 Å². The first-order valence-corrected chi connectivity index (χ1v) is 8.24. The number of benzene rings is 1. The molecule has 0 aliphatic carbocycles. The van der Waals surface area contributed by atoms with Gasteiger partial charge in [-0.1, -0.05) is 0 Å². The van der Waals surface area contributed by atoms with E-state index in [2.05, 4.69) is 0 Å². The topological polar surface area (TPSA) is 130 Å². The van der Waals surface area contributed by atoms with Gasteiger partial charge in [0.05, 0.1) is 10.6 Å². The third-order valence-electron chi connectivity index (χ3n) is 3.99. The summed E-state index contributed by atoms with van der Waals surface area (Å²) >= 11 is 0. The molecule has 0 radical (unpaired) electrons. The molecule has 1 aliphatic heterocycles. The maximum Gasteiger partial charge on any atom is 0.411 e. The SMILES string of the molecule is CC(C)(C)OC(=O)N1CCN(c2cc([N+](=O)[O-])ccc2C=O)CC1C(=O)O. The third kappa shape index (κ3) is 4.72. The first-order valence-electron chi connectivity index (χ1n) is 8.24. The minimum Gasteiger partial charge on any atom is -0.480 e. The second-order valence-corrected chi connectivity index (χ2v) is 7.09. The van der Waals surface area contributed by atoms with Crippen LogP contribution in [-0.2, 0) is 9.53 Å². The minimum atomic E-state index is -1.23. The lowest BCUT2D eigenvalue weighted by Gasteiger charge is -2.40. The highest BCUT2D eigenvalue weighted by molar-refractivity contribution is 5.87. The Kier molecular flexibility index (Phi) is 5.67. The van der Waals surface area contributed by atoms with Crippen LogP contribution in [0, 0.1) is 10.1 Å². The fourth-order valence-electron chi connectivity index (χ4n) is 2.77. The van der Waals surface area contributed by atoms with E-state index in [0.717, 1.165) is 4.90 Å². The number of carbonyl (C=O) groups is 3. The number of aldehydes is 1. The Morgan fingerprint density at radius 3 is 2.52 bits per heavy atom. The Bertz CT molecular complexity index is 772. The van der Waals surface area contributed by atoms with Gasteiger partial charge in [-0.3, -0.25) is 19.8 Å². The van der Waals surface area contributed by atoms with Gasteiger partial charge in [-0.15, -0.1) is 0 Å². The molecule has 10 nitrogen and oxygen atoms in total. The van der Waals surface area contributed by atoms with Crippen LogP contribution in [0.3, 0.4) is 0 Å². The van der Waals surface area contributed by atoms with Gasteiger partial charge in [0.15, 0.2) is 6.29 Å².